The maximum Gasteiger partial charge on any atom is 0.330 e. The van der Waals surface area contributed by atoms with Gasteiger partial charge < -0.3 is 19.9 Å². The molecule has 0 amide bonds. The quantitative estimate of drug-likeness (QED) is 0.596. The molecule has 3 atom stereocenters. The fraction of sp³-hybridized carbons (Fsp3) is 0.389. The summed E-state index contributed by atoms with van der Waals surface area (Å²) >= 11 is 12.0. The maximum atomic E-state index is 13.7. The van der Waals surface area contributed by atoms with Crippen molar-refractivity contribution < 1.29 is 23.4 Å². The van der Waals surface area contributed by atoms with Gasteiger partial charge in [-0.1, -0.05) is 29.3 Å². The predicted molar refractivity (Wildman–Crippen MR) is 105 cm³/mol. The zero-order chi connectivity index (χ0) is 21.8. The number of carbonyl (C=O) groups excluding carboxylic acids is 1. The molecule has 3 rings (SSSR count). The summed E-state index contributed by atoms with van der Waals surface area (Å²) in [4.78, 5) is 36.6. The molecule has 1 aliphatic rings. The van der Waals surface area contributed by atoms with Gasteiger partial charge in [-0.25, -0.2) is 4.79 Å². The van der Waals surface area contributed by atoms with Gasteiger partial charge in [0, 0.05) is 16.5 Å². The Kier molecular flexibility index (Phi) is 7.27. The molecule has 1 aliphatic heterocycles. The Morgan fingerprint density at radius 2 is 2.13 bits per heavy atom. The minimum Gasteiger partial charge on any atom is -0.462 e. The molecule has 1 unspecified atom stereocenters. The molecule has 1 aromatic heterocycles. The van der Waals surface area contributed by atoms with Crippen LogP contribution in [0.4, 0.5) is 4.39 Å². The van der Waals surface area contributed by atoms with Crippen molar-refractivity contribution in [1.82, 2.24) is 9.55 Å². The predicted octanol–water partition coefficient (Wildman–Crippen LogP) is 1.36. The van der Waals surface area contributed by atoms with Crippen LogP contribution < -0.4 is 17.0 Å². The first-order valence-corrected chi connectivity index (χ1v) is 9.61. The number of esters is 1. The number of hydrogen-bond acceptors (Lipinski definition) is 7. The Bertz CT molecular complexity index is 1040. The molecule has 9 nitrogen and oxygen atoms in total. The fourth-order valence-corrected chi connectivity index (χ4v) is 3.40. The highest BCUT2D eigenvalue weighted by atomic mass is 35.5. The van der Waals surface area contributed by atoms with Crippen LogP contribution in [0.1, 0.15) is 18.2 Å². The fourth-order valence-electron chi connectivity index (χ4n) is 2.94. The minimum atomic E-state index is -1.14. The number of halogens is 3. The summed E-state index contributed by atoms with van der Waals surface area (Å²) in [5, 5.41) is 0.877. The molecule has 12 heteroatoms. The third-order valence-electron chi connectivity index (χ3n) is 4.46. The molecule has 3 N–H and O–H groups in total. The maximum absolute atomic E-state index is 13.7. The molecule has 1 aromatic carbocycles. The molecule has 2 heterocycles. The van der Waals surface area contributed by atoms with Crippen LogP contribution in [0.3, 0.4) is 0 Å². The Morgan fingerprint density at radius 1 is 1.37 bits per heavy atom. The van der Waals surface area contributed by atoms with E-state index in [0.29, 0.717) is 15.6 Å². The molecule has 162 valence electrons. The number of hydrogen-bond donors (Lipinski definition) is 2. The summed E-state index contributed by atoms with van der Waals surface area (Å²) in [5.41, 5.74) is 3.92. The number of nitrogens with two attached hydrogens (primary N) is 1. The lowest BCUT2D eigenvalue weighted by molar-refractivity contribution is -0.149. The Morgan fingerprint density at radius 3 is 2.83 bits per heavy atom. The van der Waals surface area contributed by atoms with E-state index in [1.807, 2.05) is 4.98 Å². The number of benzene rings is 1. The van der Waals surface area contributed by atoms with Crippen LogP contribution >= 0.6 is 23.2 Å². The van der Waals surface area contributed by atoms with E-state index < -0.39 is 41.5 Å². The van der Waals surface area contributed by atoms with Crippen molar-refractivity contribution in [3.05, 3.63) is 66.7 Å². The monoisotopic (exact) mass is 461 g/mol. The lowest BCUT2D eigenvalue weighted by Crippen LogP contribution is -2.34. The highest BCUT2D eigenvalue weighted by Crippen LogP contribution is 2.31. The second-order valence-corrected chi connectivity index (χ2v) is 7.32. The van der Waals surface area contributed by atoms with Gasteiger partial charge in [-0.15, -0.1) is 0 Å². The van der Waals surface area contributed by atoms with E-state index in [1.54, 1.807) is 18.2 Å². The third-order valence-corrected chi connectivity index (χ3v) is 5.05. The van der Waals surface area contributed by atoms with E-state index in [1.165, 1.54) is 0 Å². The average molecular weight is 462 g/mol. The number of aromatic amines is 1. The molecule has 0 aliphatic carbocycles. The van der Waals surface area contributed by atoms with Crippen molar-refractivity contribution in [2.75, 3.05) is 13.2 Å². The van der Waals surface area contributed by atoms with E-state index in [4.69, 9.17) is 43.1 Å². The Labute approximate surface area is 179 Å². The van der Waals surface area contributed by atoms with Gasteiger partial charge in [0.05, 0.1) is 25.5 Å². The summed E-state index contributed by atoms with van der Waals surface area (Å²) in [6.07, 6.45) is -1.46. The van der Waals surface area contributed by atoms with Crippen LogP contribution in [0.25, 0.3) is 0 Å². The minimum absolute atomic E-state index is 0.0902. The number of rotatable bonds is 7. The van der Waals surface area contributed by atoms with Crippen LogP contribution in [0.2, 0.25) is 10.0 Å². The molecule has 0 radical (unpaired) electrons. The van der Waals surface area contributed by atoms with Crippen LogP contribution in [0.5, 0.6) is 0 Å². The number of ether oxygens (including phenoxy) is 3. The molecule has 2 aromatic rings. The van der Waals surface area contributed by atoms with Crippen LogP contribution in [0.15, 0.2) is 34.0 Å². The zero-order valence-electron chi connectivity index (χ0n) is 15.5. The normalized spacial score (nSPS) is 21.0. The highest BCUT2D eigenvalue weighted by molar-refractivity contribution is 6.35. The van der Waals surface area contributed by atoms with E-state index in [-0.39, 0.29) is 26.2 Å². The third kappa shape index (κ3) is 5.27. The van der Waals surface area contributed by atoms with Gasteiger partial charge >= 0.3 is 11.7 Å². The molecule has 0 bridgehead atoms. The largest absolute Gasteiger partial charge is 0.462 e. The smallest absolute Gasteiger partial charge is 0.330 e. The number of aromatic nitrogens is 2. The Balaban J connectivity index is 1.77. The summed E-state index contributed by atoms with van der Waals surface area (Å²) in [6, 6.07) is 4.92. The summed E-state index contributed by atoms with van der Waals surface area (Å²) in [5.74, 6) is -1.78. The first-order chi connectivity index (χ1) is 14.3. The van der Waals surface area contributed by atoms with E-state index >= 15 is 0 Å². The standard InChI is InChI=1S/C18H18Cl2FN3O6/c19-10-2-1-9(11(20)3-10)7-28-13-4-15(30-14(13)8-29-16(25)5-22)24-6-12(21)17(26)23-18(24)27/h1-3,6,13-15H,4-5,7-8,22H2,(H,23,26,27)/t13?,14-,15-/m0/s1. The van der Waals surface area contributed by atoms with Gasteiger partial charge in [0.15, 0.2) is 0 Å². The second kappa shape index (κ2) is 9.71. The molecular formula is C18H18Cl2FN3O6. The molecule has 0 saturated carbocycles. The van der Waals surface area contributed by atoms with Crippen molar-refractivity contribution in [3.63, 3.8) is 0 Å². The van der Waals surface area contributed by atoms with Gasteiger partial charge in [-0.3, -0.25) is 19.1 Å². The summed E-state index contributed by atoms with van der Waals surface area (Å²) in [6.45, 7) is -0.411. The first-order valence-electron chi connectivity index (χ1n) is 8.86. The average Bonchev–Trinajstić information content (AvgIpc) is 3.11. The molecular weight excluding hydrogens is 444 g/mol. The first kappa shape index (κ1) is 22.4. The lowest BCUT2D eigenvalue weighted by atomic mass is 10.1. The topological polar surface area (TPSA) is 126 Å². The SMILES string of the molecule is NCC(=O)OC[C@@H]1O[C@H](n2cc(F)c(=O)[nH]c2=O)CC1OCc1ccc(Cl)cc1Cl. The lowest BCUT2D eigenvalue weighted by Gasteiger charge is -2.19. The molecule has 1 saturated heterocycles. The van der Waals surface area contributed by atoms with Crippen molar-refractivity contribution in [3.8, 4) is 0 Å². The van der Waals surface area contributed by atoms with Crippen molar-refractivity contribution in [2.24, 2.45) is 5.73 Å². The van der Waals surface area contributed by atoms with Crippen molar-refractivity contribution in [1.29, 1.82) is 0 Å². The number of carbonyl (C=O) groups is 1. The van der Waals surface area contributed by atoms with E-state index in [2.05, 4.69) is 0 Å². The highest BCUT2D eigenvalue weighted by Gasteiger charge is 2.38. The number of nitrogens with one attached hydrogen (secondary N) is 1. The number of H-pyrrole nitrogens is 1. The Hall–Kier alpha value is -2.24. The van der Waals surface area contributed by atoms with Crippen molar-refractivity contribution >= 4 is 29.2 Å². The summed E-state index contributed by atoms with van der Waals surface area (Å²) < 4.78 is 31.2. The van der Waals surface area contributed by atoms with Gasteiger partial charge in [0.1, 0.15) is 18.9 Å². The van der Waals surface area contributed by atoms with Gasteiger partial charge in [0.25, 0.3) is 5.56 Å². The second-order valence-electron chi connectivity index (χ2n) is 6.48. The van der Waals surface area contributed by atoms with Crippen molar-refractivity contribution in [2.45, 2.75) is 31.5 Å². The molecule has 0 spiro atoms. The van der Waals surface area contributed by atoms with E-state index in [9.17, 15) is 18.8 Å². The molecule has 1 fully saturated rings. The van der Waals surface area contributed by atoms with E-state index in [0.717, 1.165) is 10.8 Å². The van der Waals surface area contributed by atoms with Crippen LogP contribution in [0, 0.1) is 5.82 Å². The molecule has 30 heavy (non-hydrogen) atoms. The summed E-state index contributed by atoms with van der Waals surface area (Å²) in [7, 11) is 0. The van der Waals surface area contributed by atoms with Gasteiger partial charge in [-0.05, 0) is 17.7 Å². The zero-order valence-corrected chi connectivity index (χ0v) is 17.0. The van der Waals surface area contributed by atoms with Gasteiger partial charge in [-0.2, -0.15) is 4.39 Å². The van der Waals surface area contributed by atoms with Crippen LogP contribution in [-0.2, 0) is 25.6 Å². The van der Waals surface area contributed by atoms with Crippen LogP contribution in [-0.4, -0.2) is 40.9 Å². The van der Waals surface area contributed by atoms with Gasteiger partial charge in [0.2, 0.25) is 5.82 Å². The number of nitrogens with zero attached hydrogens (tertiary/aromatic N) is 1.